The van der Waals surface area contributed by atoms with Gasteiger partial charge in [0, 0.05) is 25.5 Å². The molecule has 0 aliphatic carbocycles. The maximum atomic E-state index is 12.1. The van der Waals surface area contributed by atoms with Gasteiger partial charge in [0.2, 0.25) is 5.91 Å². The fraction of sp³-hybridized carbons (Fsp3) is 0.308. The molecule has 1 N–H and O–H groups in total. The first-order chi connectivity index (χ1) is 9.56. The second-order valence-corrected chi connectivity index (χ2v) is 6.82. The Morgan fingerprint density at radius 3 is 2.60 bits per heavy atom. The number of carbonyl (C=O) groups excluding carboxylic acids is 1. The predicted molar refractivity (Wildman–Crippen MR) is 84.6 cm³/mol. The van der Waals surface area contributed by atoms with Crippen LogP contribution in [0.3, 0.4) is 0 Å². The summed E-state index contributed by atoms with van der Waals surface area (Å²) in [5, 5.41) is 10.4. The van der Waals surface area contributed by atoms with Crippen LogP contribution in [0.15, 0.2) is 34.1 Å². The van der Waals surface area contributed by atoms with E-state index in [0.717, 1.165) is 15.7 Å². The molecule has 5 nitrogen and oxygen atoms in total. The smallest absolute Gasteiger partial charge is 0.237 e. The summed E-state index contributed by atoms with van der Waals surface area (Å²) < 4.78 is 0.801. The van der Waals surface area contributed by atoms with Crippen molar-refractivity contribution in [3.63, 3.8) is 0 Å². The molecule has 0 bridgehead atoms. The predicted octanol–water partition coefficient (Wildman–Crippen LogP) is 2.72. The number of hydrogen-bond donors (Lipinski definition) is 1. The quantitative estimate of drug-likeness (QED) is 0.861. The molecule has 1 unspecified atom stereocenters. The van der Waals surface area contributed by atoms with Crippen molar-refractivity contribution >= 4 is 40.4 Å². The normalized spacial score (nSPS) is 11.9. The Morgan fingerprint density at radius 1 is 1.35 bits per heavy atom. The van der Waals surface area contributed by atoms with E-state index in [9.17, 15) is 4.79 Å². The first-order valence-corrected chi connectivity index (χ1v) is 7.83. The van der Waals surface area contributed by atoms with Crippen molar-refractivity contribution in [1.29, 1.82) is 0 Å². The Bertz CT molecular complexity index is 554. The fourth-order valence-corrected chi connectivity index (χ4v) is 3.13. The van der Waals surface area contributed by atoms with Crippen LogP contribution in [0, 0.1) is 0 Å². The number of aromatic nitrogens is 2. The van der Waals surface area contributed by atoms with E-state index >= 15 is 0 Å². The molecule has 0 saturated heterocycles. The summed E-state index contributed by atoms with van der Waals surface area (Å²) in [6.45, 7) is 1.86. The Labute approximate surface area is 126 Å². The summed E-state index contributed by atoms with van der Waals surface area (Å²) in [5.74, 6) is -0.0391. The van der Waals surface area contributed by atoms with Gasteiger partial charge < -0.3 is 10.2 Å². The second-order valence-electron chi connectivity index (χ2n) is 4.40. The van der Waals surface area contributed by atoms with Gasteiger partial charge in [0.05, 0.1) is 5.25 Å². The zero-order chi connectivity index (χ0) is 14.5. The molecule has 1 aromatic carbocycles. The summed E-state index contributed by atoms with van der Waals surface area (Å²) in [6.07, 6.45) is 0. The van der Waals surface area contributed by atoms with E-state index in [0.29, 0.717) is 0 Å². The molecule has 0 spiro atoms. The molecule has 0 radical (unpaired) electrons. The van der Waals surface area contributed by atoms with Crippen LogP contribution < -0.4 is 10.2 Å². The topological polar surface area (TPSA) is 58.1 Å². The van der Waals surface area contributed by atoms with Gasteiger partial charge >= 0.3 is 0 Å². The first-order valence-electron chi connectivity index (χ1n) is 6.07. The molecular formula is C13H16N4OS2. The van der Waals surface area contributed by atoms with E-state index in [1.165, 1.54) is 23.1 Å². The first kappa shape index (κ1) is 14.8. The molecular weight excluding hydrogens is 292 g/mol. The van der Waals surface area contributed by atoms with Crippen molar-refractivity contribution in [2.45, 2.75) is 16.5 Å². The van der Waals surface area contributed by atoms with Crippen LogP contribution in [0.2, 0.25) is 0 Å². The van der Waals surface area contributed by atoms with Crippen molar-refractivity contribution in [1.82, 2.24) is 10.2 Å². The highest BCUT2D eigenvalue weighted by Crippen LogP contribution is 2.25. The molecule has 2 aromatic rings. The number of hydrogen-bond acceptors (Lipinski definition) is 6. The monoisotopic (exact) mass is 308 g/mol. The molecule has 1 heterocycles. The largest absolute Gasteiger partial charge is 0.378 e. The lowest BCUT2D eigenvalue weighted by molar-refractivity contribution is -0.115. The average molecular weight is 308 g/mol. The van der Waals surface area contributed by atoms with E-state index in [1.54, 1.807) is 5.51 Å². The summed E-state index contributed by atoms with van der Waals surface area (Å²) >= 11 is 2.85. The molecule has 20 heavy (non-hydrogen) atoms. The van der Waals surface area contributed by atoms with Gasteiger partial charge in [-0.3, -0.25) is 4.79 Å². The van der Waals surface area contributed by atoms with Gasteiger partial charge in [-0.05, 0) is 31.2 Å². The van der Waals surface area contributed by atoms with Crippen LogP contribution in [0.5, 0.6) is 0 Å². The van der Waals surface area contributed by atoms with Gasteiger partial charge in [-0.2, -0.15) is 0 Å². The van der Waals surface area contributed by atoms with Crippen molar-refractivity contribution < 1.29 is 4.79 Å². The molecule has 0 saturated carbocycles. The second kappa shape index (κ2) is 6.71. The third-order valence-electron chi connectivity index (χ3n) is 2.64. The van der Waals surface area contributed by atoms with Crippen LogP contribution in [-0.4, -0.2) is 35.4 Å². The number of nitrogens with zero attached hydrogens (tertiary/aromatic N) is 3. The summed E-state index contributed by atoms with van der Waals surface area (Å²) in [4.78, 5) is 14.1. The Hall–Kier alpha value is -1.60. The molecule has 1 atom stereocenters. The Morgan fingerprint density at radius 2 is 2.05 bits per heavy atom. The maximum Gasteiger partial charge on any atom is 0.237 e. The van der Waals surface area contributed by atoms with E-state index < -0.39 is 0 Å². The Balaban J connectivity index is 1.93. The number of benzene rings is 1. The zero-order valence-corrected chi connectivity index (χ0v) is 13.2. The SMILES string of the molecule is CC(Sc1nncs1)C(=O)Nc1ccc(N(C)C)cc1. The summed E-state index contributed by atoms with van der Waals surface area (Å²) in [6, 6.07) is 7.74. The number of rotatable bonds is 5. The number of anilines is 2. The van der Waals surface area contributed by atoms with Gasteiger partial charge in [0.25, 0.3) is 0 Å². The third kappa shape index (κ3) is 3.94. The standard InChI is InChI=1S/C13H16N4OS2/c1-9(20-13-16-14-8-19-13)12(18)15-10-4-6-11(7-5-10)17(2)3/h4-9H,1-3H3,(H,15,18). The third-order valence-corrected chi connectivity index (χ3v) is 4.55. The number of carbonyl (C=O) groups is 1. The van der Waals surface area contributed by atoms with E-state index in [2.05, 4.69) is 15.5 Å². The molecule has 7 heteroatoms. The van der Waals surface area contributed by atoms with E-state index in [1.807, 2.05) is 50.2 Å². The van der Waals surface area contributed by atoms with Crippen LogP contribution >= 0.6 is 23.1 Å². The molecule has 2 rings (SSSR count). The minimum Gasteiger partial charge on any atom is -0.378 e. The minimum absolute atomic E-state index is 0.0391. The molecule has 1 amide bonds. The highest BCUT2D eigenvalue weighted by molar-refractivity contribution is 8.02. The highest BCUT2D eigenvalue weighted by atomic mass is 32.2. The molecule has 0 aliphatic heterocycles. The molecule has 106 valence electrons. The molecule has 0 aliphatic rings. The summed E-state index contributed by atoms with van der Waals surface area (Å²) in [5.41, 5.74) is 3.55. The van der Waals surface area contributed by atoms with Crippen LogP contribution in [0.25, 0.3) is 0 Å². The van der Waals surface area contributed by atoms with Gasteiger partial charge in [0.15, 0.2) is 4.34 Å². The highest BCUT2D eigenvalue weighted by Gasteiger charge is 2.16. The van der Waals surface area contributed by atoms with Crippen molar-refractivity contribution in [3.05, 3.63) is 29.8 Å². The van der Waals surface area contributed by atoms with Crippen LogP contribution in [-0.2, 0) is 4.79 Å². The maximum absolute atomic E-state index is 12.1. The zero-order valence-electron chi connectivity index (χ0n) is 11.5. The number of amides is 1. The number of nitrogens with one attached hydrogen (secondary N) is 1. The summed E-state index contributed by atoms with van der Waals surface area (Å²) in [7, 11) is 3.96. The lowest BCUT2D eigenvalue weighted by Gasteiger charge is -2.14. The Kier molecular flexibility index (Phi) is 4.97. The van der Waals surface area contributed by atoms with Crippen LogP contribution in [0.4, 0.5) is 11.4 Å². The average Bonchev–Trinajstić information content (AvgIpc) is 2.92. The van der Waals surface area contributed by atoms with Crippen LogP contribution in [0.1, 0.15) is 6.92 Å². The van der Waals surface area contributed by atoms with Gasteiger partial charge in [0.1, 0.15) is 5.51 Å². The van der Waals surface area contributed by atoms with Crippen molar-refractivity contribution in [2.75, 3.05) is 24.3 Å². The van der Waals surface area contributed by atoms with Gasteiger partial charge in [-0.1, -0.05) is 23.1 Å². The fourth-order valence-electron chi connectivity index (χ4n) is 1.51. The van der Waals surface area contributed by atoms with Crippen molar-refractivity contribution in [2.24, 2.45) is 0 Å². The lowest BCUT2D eigenvalue weighted by atomic mass is 10.2. The lowest BCUT2D eigenvalue weighted by Crippen LogP contribution is -2.22. The van der Waals surface area contributed by atoms with Crippen molar-refractivity contribution in [3.8, 4) is 0 Å². The van der Waals surface area contributed by atoms with E-state index in [4.69, 9.17) is 0 Å². The van der Waals surface area contributed by atoms with Gasteiger partial charge in [-0.25, -0.2) is 0 Å². The van der Waals surface area contributed by atoms with E-state index in [-0.39, 0.29) is 11.2 Å². The molecule has 1 aromatic heterocycles. The minimum atomic E-state index is -0.212. The van der Waals surface area contributed by atoms with Gasteiger partial charge in [-0.15, -0.1) is 10.2 Å². The number of thioether (sulfide) groups is 1. The molecule has 0 fully saturated rings.